The Hall–Kier alpha value is -0.610. The number of hydrogen-bond acceptors (Lipinski definition) is 4. The third-order valence-electron chi connectivity index (χ3n) is 4.29. The van der Waals surface area contributed by atoms with Gasteiger partial charge in [-0.15, -0.1) is 0 Å². The number of esters is 1. The first kappa shape index (κ1) is 23.4. The van der Waals surface area contributed by atoms with Crippen molar-refractivity contribution in [2.45, 2.75) is 123 Å². The van der Waals surface area contributed by atoms with E-state index in [2.05, 4.69) is 6.92 Å². The molecule has 144 valence electrons. The van der Waals surface area contributed by atoms with E-state index >= 15 is 0 Å². The van der Waals surface area contributed by atoms with Gasteiger partial charge in [0.1, 0.15) is 0 Å². The molecule has 0 bridgehead atoms. The molecule has 2 N–H and O–H groups in total. The van der Waals surface area contributed by atoms with Gasteiger partial charge in [0.2, 0.25) is 6.29 Å². The Morgan fingerprint density at radius 2 is 1.21 bits per heavy atom. The minimum Gasteiger partial charge on any atom is -0.436 e. The van der Waals surface area contributed by atoms with Crippen LogP contribution in [0.4, 0.5) is 0 Å². The second-order valence-electron chi connectivity index (χ2n) is 7.02. The van der Waals surface area contributed by atoms with Crippen molar-refractivity contribution in [3.8, 4) is 0 Å². The molecule has 4 heteroatoms. The summed E-state index contributed by atoms with van der Waals surface area (Å²) in [6, 6.07) is 0. The van der Waals surface area contributed by atoms with Crippen molar-refractivity contribution in [3.63, 3.8) is 0 Å². The maximum absolute atomic E-state index is 11.5. The Morgan fingerprint density at radius 3 is 1.62 bits per heavy atom. The largest absolute Gasteiger partial charge is 0.436 e. The van der Waals surface area contributed by atoms with E-state index in [9.17, 15) is 9.90 Å². The van der Waals surface area contributed by atoms with Gasteiger partial charge >= 0.3 is 5.97 Å². The number of hydrogen-bond donors (Lipinski definition) is 2. The van der Waals surface area contributed by atoms with Crippen molar-refractivity contribution < 1.29 is 19.7 Å². The fourth-order valence-electron chi connectivity index (χ4n) is 2.84. The van der Waals surface area contributed by atoms with Gasteiger partial charge in [-0.05, 0) is 13.3 Å². The van der Waals surface area contributed by atoms with Crippen LogP contribution >= 0.6 is 0 Å². The van der Waals surface area contributed by atoms with Crippen LogP contribution in [0, 0.1) is 0 Å². The van der Waals surface area contributed by atoms with Crippen molar-refractivity contribution in [1.82, 2.24) is 0 Å². The average molecular weight is 345 g/mol. The van der Waals surface area contributed by atoms with E-state index in [1.807, 2.05) is 0 Å². The lowest BCUT2D eigenvalue weighted by Crippen LogP contribution is -2.21. The normalized spacial score (nSPS) is 13.7. The molecular formula is C20H40O4. The third kappa shape index (κ3) is 17.7. The second kappa shape index (κ2) is 17.2. The molecule has 2 unspecified atom stereocenters. The summed E-state index contributed by atoms with van der Waals surface area (Å²) in [6.07, 6.45) is 15.1. The molecule has 0 rings (SSSR count). The Labute approximate surface area is 149 Å². The van der Waals surface area contributed by atoms with Crippen LogP contribution in [0.15, 0.2) is 0 Å². The van der Waals surface area contributed by atoms with Crippen LogP contribution < -0.4 is 0 Å². The Balaban J connectivity index is 3.23. The van der Waals surface area contributed by atoms with Crippen molar-refractivity contribution in [1.29, 1.82) is 0 Å². The first-order chi connectivity index (χ1) is 11.6. The van der Waals surface area contributed by atoms with Crippen LogP contribution in [-0.2, 0) is 9.53 Å². The first-order valence-electron chi connectivity index (χ1n) is 10.1. The number of rotatable bonds is 17. The van der Waals surface area contributed by atoms with Crippen LogP contribution in [0.25, 0.3) is 0 Å². The van der Waals surface area contributed by atoms with E-state index in [4.69, 9.17) is 9.84 Å². The maximum Gasteiger partial charge on any atom is 0.308 e. The van der Waals surface area contributed by atoms with Crippen LogP contribution in [-0.4, -0.2) is 28.6 Å². The highest BCUT2D eigenvalue weighted by Gasteiger charge is 2.12. The number of carbonyl (C=O) groups is 1. The minimum absolute atomic E-state index is 0.0738. The third-order valence-corrected chi connectivity index (χ3v) is 4.29. The molecule has 4 nitrogen and oxygen atoms in total. The van der Waals surface area contributed by atoms with E-state index in [0.29, 0.717) is 6.42 Å². The van der Waals surface area contributed by atoms with Crippen molar-refractivity contribution in [2.75, 3.05) is 0 Å². The van der Waals surface area contributed by atoms with Gasteiger partial charge in [0, 0.05) is 12.8 Å². The predicted molar refractivity (Wildman–Crippen MR) is 98.7 cm³/mol. The second-order valence-corrected chi connectivity index (χ2v) is 7.02. The highest BCUT2D eigenvalue weighted by molar-refractivity contribution is 5.69. The van der Waals surface area contributed by atoms with Gasteiger partial charge in [0.05, 0.1) is 6.10 Å². The van der Waals surface area contributed by atoms with Crippen molar-refractivity contribution >= 4 is 5.97 Å². The SMILES string of the molecule is CCCCCCCCCCCCCCCC(=O)OC(O)CC(C)O. The standard InChI is InChI=1S/C20H40O4/c1-3-4-5-6-7-8-9-10-11-12-13-14-15-16-19(22)24-20(23)17-18(2)21/h18,20-21,23H,3-17H2,1-2H3. The molecule has 0 saturated carbocycles. The monoisotopic (exact) mass is 344 g/mol. The predicted octanol–water partition coefficient (Wildman–Crippen LogP) is 5.10. The zero-order valence-electron chi connectivity index (χ0n) is 16.0. The lowest BCUT2D eigenvalue weighted by Gasteiger charge is -2.13. The summed E-state index contributed by atoms with van der Waals surface area (Å²) in [7, 11) is 0. The molecule has 0 aromatic carbocycles. The summed E-state index contributed by atoms with van der Waals surface area (Å²) in [5, 5.41) is 18.5. The molecule has 0 aliphatic rings. The molecule has 0 saturated heterocycles. The highest BCUT2D eigenvalue weighted by atomic mass is 16.6. The van der Waals surface area contributed by atoms with Gasteiger partial charge in [-0.1, -0.05) is 84.0 Å². The van der Waals surface area contributed by atoms with Crippen molar-refractivity contribution in [3.05, 3.63) is 0 Å². The van der Waals surface area contributed by atoms with E-state index in [1.165, 1.54) is 70.6 Å². The molecule has 0 radical (unpaired) electrons. The summed E-state index contributed by atoms with van der Waals surface area (Å²) in [6.45, 7) is 3.81. The molecule has 0 aromatic rings. The zero-order valence-corrected chi connectivity index (χ0v) is 16.0. The van der Waals surface area contributed by atoms with Crippen LogP contribution in [0.3, 0.4) is 0 Å². The molecule has 0 heterocycles. The summed E-state index contributed by atoms with van der Waals surface area (Å²) >= 11 is 0. The van der Waals surface area contributed by atoms with E-state index in [1.54, 1.807) is 6.92 Å². The molecule has 0 aromatic heterocycles. The lowest BCUT2D eigenvalue weighted by atomic mass is 10.0. The molecule has 0 aliphatic heterocycles. The van der Waals surface area contributed by atoms with Gasteiger partial charge in [0.25, 0.3) is 0 Å². The zero-order chi connectivity index (χ0) is 18.0. The molecule has 24 heavy (non-hydrogen) atoms. The summed E-state index contributed by atoms with van der Waals surface area (Å²) < 4.78 is 4.82. The minimum atomic E-state index is -1.18. The molecular weight excluding hydrogens is 304 g/mol. The van der Waals surface area contributed by atoms with Gasteiger partial charge in [-0.2, -0.15) is 0 Å². The first-order valence-corrected chi connectivity index (χ1v) is 10.1. The van der Waals surface area contributed by atoms with Crippen molar-refractivity contribution in [2.24, 2.45) is 0 Å². The van der Waals surface area contributed by atoms with Gasteiger partial charge in [-0.3, -0.25) is 4.79 Å². The number of aliphatic hydroxyl groups is 2. The highest BCUT2D eigenvalue weighted by Crippen LogP contribution is 2.13. The van der Waals surface area contributed by atoms with Gasteiger partial charge in [0.15, 0.2) is 0 Å². The quantitative estimate of drug-likeness (QED) is 0.219. The topological polar surface area (TPSA) is 66.8 Å². The fraction of sp³-hybridized carbons (Fsp3) is 0.950. The fourth-order valence-corrected chi connectivity index (χ4v) is 2.84. The molecule has 0 amide bonds. The average Bonchev–Trinajstić information content (AvgIpc) is 2.51. The molecule has 0 spiro atoms. The Morgan fingerprint density at radius 1 is 0.792 bits per heavy atom. The summed E-state index contributed by atoms with van der Waals surface area (Å²) in [5.41, 5.74) is 0. The van der Waals surface area contributed by atoms with E-state index < -0.39 is 12.4 Å². The van der Waals surface area contributed by atoms with Gasteiger partial charge < -0.3 is 14.9 Å². The Kier molecular flexibility index (Phi) is 16.8. The molecule has 2 atom stereocenters. The summed E-state index contributed by atoms with van der Waals surface area (Å²) in [4.78, 5) is 11.5. The van der Waals surface area contributed by atoms with Crippen LogP contribution in [0.5, 0.6) is 0 Å². The summed E-state index contributed by atoms with van der Waals surface area (Å²) in [5.74, 6) is -0.369. The lowest BCUT2D eigenvalue weighted by molar-refractivity contribution is -0.171. The number of unbranched alkanes of at least 4 members (excludes halogenated alkanes) is 12. The molecule has 0 fully saturated rings. The number of aliphatic hydroxyl groups excluding tert-OH is 2. The van der Waals surface area contributed by atoms with E-state index in [0.717, 1.165) is 12.8 Å². The van der Waals surface area contributed by atoms with Crippen LogP contribution in [0.1, 0.15) is 110 Å². The smallest absolute Gasteiger partial charge is 0.308 e. The van der Waals surface area contributed by atoms with Crippen LogP contribution in [0.2, 0.25) is 0 Å². The number of carbonyl (C=O) groups excluding carboxylic acids is 1. The number of ether oxygens (including phenoxy) is 1. The molecule has 0 aliphatic carbocycles. The van der Waals surface area contributed by atoms with Gasteiger partial charge in [-0.25, -0.2) is 0 Å². The Bertz CT molecular complexity index is 279. The maximum atomic E-state index is 11.5. The van der Waals surface area contributed by atoms with E-state index in [-0.39, 0.29) is 12.4 Å².